The van der Waals surface area contributed by atoms with E-state index in [2.05, 4.69) is 5.32 Å². The van der Waals surface area contributed by atoms with Crippen LogP contribution in [0, 0.1) is 0 Å². The fourth-order valence-electron chi connectivity index (χ4n) is 2.36. The third kappa shape index (κ3) is 1.97. The van der Waals surface area contributed by atoms with Gasteiger partial charge in [0.2, 0.25) is 0 Å². The van der Waals surface area contributed by atoms with E-state index in [0.717, 1.165) is 25.9 Å². The fraction of sp³-hybridized carbons (Fsp3) is 0.583. The Bertz CT molecular complexity index is 378. The molecular formula is C12H18N2O2. The molecule has 0 amide bonds. The van der Waals surface area contributed by atoms with Gasteiger partial charge in [-0.2, -0.15) is 0 Å². The summed E-state index contributed by atoms with van der Waals surface area (Å²) in [6.45, 7) is 2.12. The third-order valence-electron chi connectivity index (χ3n) is 3.31. The first-order valence-electron chi connectivity index (χ1n) is 5.68. The van der Waals surface area contributed by atoms with E-state index in [1.165, 1.54) is 12.8 Å². The molecular weight excluding hydrogens is 204 g/mol. The van der Waals surface area contributed by atoms with E-state index in [1.54, 1.807) is 0 Å². The Morgan fingerprint density at radius 1 is 1.44 bits per heavy atom. The van der Waals surface area contributed by atoms with E-state index < -0.39 is 0 Å². The standard InChI is InChI=1S/C12H18N2O2/c1-14-10(9-5-7-13-8-6-9)3-4-11(14)12(15)16-2/h3-4,9,13H,5-8H2,1-2H3. The van der Waals surface area contributed by atoms with Crippen molar-refractivity contribution in [1.29, 1.82) is 0 Å². The summed E-state index contributed by atoms with van der Waals surface area (Å²) in [6.07, 6.45) is 2.27. The van der Waals surface area contributed by atoms with Crippen molar-refractivity contribution in [3.63, 3.8) is 0 Å². The zero-order valence-corrected chi connectivity index (χ0v) is 9.82. The lowest BCUT2D eigenvalue weighted by Gasteiger charge is -2.23. The van der Waals surface area contributed by atoms with Crippen molar-refractivity contribution < 1.29 is 9.53 Å². The van der Waals surface area contributed by atoms with Gasteiger partial charge in [0.15, 0.2) is 0 Å². The number of piperidine rings is 1. The molecule has 2 rings (SSSR count). The van der Waals surface area contributed by atoms with E-state index >= 15 is 0 Å². The van der Waals surface area contributed by atoms with E-state index in [4.69, 9.17) is 4.74 Å². The number of ether oxygens (including phenoxy) is 1. The van der Waals surface area contributed by atoms with Gasteiger partial charge in [-0.05, 0) is 38.1 Å². The maximum Gasteiger partial charge on any atom is 0.354 e. The molecule has 0 spiro atoms. The fourth-order valence-corrected chi connectivity index (χ4v) is 2.36. The van der Waals surface area contributed by atoms with Crippen LogP contribution in [0.3, 0.4) is 0 Å². The van der Waals surface area contributed by atoms with Gasteiger partial charge < -0.3 is 14.6 Å². The van der Waals surface area contributed by atoms with Crippen LogP contribution in [0.15, 0.2) is 12.1 Å². The molecule has 1 fully saturated rings. The molecule has 1 saturated heterocycles. The summed E-state index contributed by atoms with van der Waals surface area (Å²) < 4.78 is 6.71. The van der Waals surface area contributed by atoms with Gasteiger partial charge in [0, 0.05) is 18.7 Å². The molecule has 1 N–H and O–H groups in total. The summed E-state index contributed by atoms with van der Waals surface area (Å²) in [4.78, 5) is 11.5. The Balaban J connectivity index is 2.21. The minimum absolute atomic E-state index is 0.261. The first-order valence-corrected chi connectivity index (χ1v) is 5.68. The molecule has 0 aromatic carbocycles. The quantitative estimate of drug-likeness (QED) is 0.766. The highest BCUT2D eigenvalue weighted by atomic mass is 16.5. The van der Waals surface area contributed by atoms with Gasteiger partial charge in [-0.3, -0.25) is 0 Å². The average Bonchev–Trinajstić information content (AvgIpc) is 2.71. The largest absolute Gasteiger partial charge is 0.464 e. The van der Waals surface area contributed by atoms with Crippen LogP contribution in [-0.2, 0) is 11.8 Å². The lowest BCUT2D eigenvalue weighted by Crippen LogP contribution is -2.27. The summed E-state index contributed by atoms with van der Waals surface area (Å²) in [5.74, 6) is 0.298. The summed E-state index contributed by atoms with van der Waals surface area (Å²) in [7, 11) is 3.35. The normalized spacial score (nSPS) is 17.4. The van der Waals surface area contributed by atoms with Crippen LogP contribution in [0.25, 0.3) is 0 Å². The average molecular weight is 222 g/mol. The van der Waals surface area contributed by atoms with Crippen LogP contribution in [-0.4, -0.2) is 30.7 Å². The predicted molar refractivity (Wildman–Crippen MR) is 61.6 cm³/mol. The van der Waals surface area contributed by atoms with Gasteiger partial charge in [-0.15, -0.1) is 0 Å². The second-order valence-corrected chi connectivity index (χ2v) is 4.22. The number of carbonyl (C=O) groups is 1. The molecule has 4 heteroatoms. The van der Waals surface area contributed by atoms with E-state index in [-0.39, 0.29) is 5.97 Å². The molecule has 88 valence electrons. The van der Waals surface area contributed by atoms with Gasteiger partial charge in [0.1, 0.15) is 5.69 Å². The highest BCUT2D eigenvalue weighted by Gasteiger charge is 2.20. The van der Waals surface area contributed by atoms with Crippen LogP contribution < -0.4 is 5.32 Å². The number of aromatic nitrogens is 1. The first kappa shape index (κ1) is 11.2. The van der Waals surface area contributed by atoms with Crippen molar-refractivity contribution in [2.75, 3.05) is 20.2 Å². The molecule has 0 bridgehead atoms. The molecule has 0 saturated carbocycles. The van der Waals surface area contributed by atoms with Crippen LogP contribution in [0.5, 0.6) is 0 Å². The molecule has 1 aromatic rings. The molecule has 2 heterocycles. The lowest BCUT2D eigenvalue weighted by molar-refractivity contribution is 0.0589. The van der Waals surface area contributed by atoms with Gasteiger partial charge in [0.25, 0.3) is 0 Å². The first-order chi connectivity index (χ1) is 7.74. The monoisotopic (exact) mass is 222 g/mol. The highest BCUT2D eigenvalue weighted by Crippen LogP contribution is 2.26. The second-order valence-electron chi connectivity index (χ2n) is 4.22. The molecule has 1 aliphatic rings. The molecule has 0 atom stereocenters. The van der Waals surface area contributed by atoms with Crippen molar-refractivity contribution in [3.8, 4) is 0 Å². The zero-order chi connectivity index (χ0) is 11.5. The summed E-state index contributed by atoms with van der Waals surface area (Å²) >= 11 is 0. The van der Waals surface area contributed by atoms with Gasteiger partial charge in [-0.1, -0.05) is 0 Å². The molecule has 16 heavy (non-hydrogen) atoms. The zero-order valence-electron chi connectivity index (χ0n) is 9.82. The Labute approximate surface area is 95.6 Å². The van der Waals surface area contributed by atoms with Crippen molar-refractivity contribution in [3.05, 3.63) is 23.5 Å². The minimum Gasteiger partial charge on any atom is -0.464 e. The van der Waals surface area contributed by atoms with Gasteiger partial charge in [-0.25, -0.2) is 4.79 Å². The third-order valence-corrected chi connectivity index (χ3v) is 3.31. The topological polar surface area (TPSA) is 43.3 Å². The van der Waals surface area contributed by atoms with E-state index in [0.29, 0.717) is 11.6 Å². The molecule has 1 aliphatic heterocycles. The number of nitrogens with one attached hydrogen (secondary N) is 1. The number of carbonyl (C=O) groups excluding carboxylic acids is 1. The van der Waals surface area contributed by atoms with Crippen molar-refractivity contribution in [1.82, 2.24) is 9.88 Å². The number of rotatable bonds is 2. The van der Waals surface area contributed by atoms with Crippen LogP contribution in [0.4, 0.5) is 0 Å². The maximum atomic E-state index is 11.5. The number of hydrogen-bond donors (Lipinski definition) is 1. The number of nitrogens with zero attached hydrogens (tertiary/aromatic N) is 1. The SMILES string of the molecule is COC(=O)c1ccc(C2CCNCC2)n1C. The van der Waals surface area contributed by atoms with Crippen molar-refractivity contribution >= 4 is 5.97 Å². The summed E-state index contributed by atoms with van der Waals surface area (Å²) in [5, 5.41) is 3.34. The summed E-state index contributed by atoms with van der Waals surface area (Å²) in [6, 6.07) is 3.89. The molecule has 0 radical (unpaired) electrons. The molecule has 4 nitrogen and oxygen atoms in total. The minimum atomic E-state index is -0.261. The Kier molecular flexibility index (Phi) is 3.29. The van der Waals surface area contributed by atoms with E-state index in [9.17, 15) is 4.79 Å². The van der Waals surface area contributed by atoms with Crippen LogP contribution >= 0.6 is 0 Å². The Morgan fingerprint density at radius 3 is 2.75 bits per heavy atom. The van der Waals surface area contributed by atoms with Gasteiger partial charge in [0.05, 0.1) is 7.11 Å². The van der Waals surface area contributed by atoms with Crippen molar-refractivity contribution in [2.24, 2.45) is 7.05 Å². The number of methoxy groups -OCH3 is 1. The number of hydrogen-bond acceptors (Lipinski definition) is 3. The smallest absolute Gasteiger partial charge is 0.354 e. The Hall–Kier alpha value is -1.29. The predicted octanol–water partition coefficient (Wildman–Crippen LogP) is 1.28. The van der Waals surface area contributed by atoms with E-state index in [1.807, 2.05) is 23.7 Å². The molecule has 0 aliphatic carbocycles. The van der Waals surface area contributed by atoms with Crippen LogP contribution in [0.2, 0.25) is 0 Å². The molecule has 0 unspecified atom stereocenters. The van der Waals surface area contributed by atoms with Crippen LogP contribution in [0.1, 0.15) is 34.9 Å². The second kappa shape index (κ2) is 4.70. The van der Waals surface area contributed by atoms with Gasteiger partial charge >= 0.3 is 5.97 Å². The maximum absolute atomic E-state index is 11.5. The summed E-state index contributed by atoms with van der Waals surface area (Å²) in [5.41, 5.74) is 1.87. The Morgan fingerprint density at radius 2 is 2.12 bits per heavy atom. The van der Waals surface area contributed by atoms with Crippen molar-refractivity contribution in [2.45, 2.75) is 18.8 Å². The lowest BCUT2D eigenvalue weighted by atomic mass is 9.95. The number of esters is 1. The highest BCUT2D eigenvalue weighted by molar-refractivity contribution is 5.87. The molecule has 1 aromatic heterocycles.